The van der Waals surface area contributed by atoms with Gasteiger partial charge in [0.15, 0.2) is 0 Å². The van der Waals surface area contributed by atoms with Gasteiger partial charge < -0.3 is 5.73 Å². The van der Waals surface area contributed by atoms with Gasteiger partial charge in [0.25, 0.3) is 0 Å². The van der Waals surface area contributed by atoms with Crippen LogP contribution < -0.4 is 5.73 Å². The maximum absolute atomic E-state index is 12.5. The summed E-state index contributed by atoms with van der Waals surface area (Å²) in [5.74, 6) is -3.29. The second-order valence-electron chi connectivity index (χ2n) is 3.15. The molecule has 3 nitrogen and oxygen atoms in total. The summed E-state index contributed by atoms with van der Waals surface area (Å²) in [4.78, 5) is 3.84. The average Bonchev–Trinajstić information content (AvgIpc) is 2.18. The van der Waals surface area contributed by atoms with Gasteiger partial charge in [0.05, 0.1) is 5.02 Å². The van der Waals surface area contributed by atoms with Crippen molar-refractivity contribution < 1.29 is 13.2 Å². The lowest BCUT2D eigenvalue weighted by molar-refractivity contribution is -0.149. The standard InChI is InChI=1S/C9H9ClF3N3S/c10-6-2-1-3-16-8(6)17-4-5(7(14)15)9(11,12)13/h1-3,5H,4H2,(H3,14,15). The van der Waals surface area contributed by atoms with Gasteiger partial charge in [0, 0.05) is 11.9 Å². The fourth-order valence-corrected chi connectivity index (χ4v) is 2.32. The first-order valence-corrected chi connectivity index (χ1v) is 5.82. The fraction of sp³-hybridized carbons (Fsp3) is 0.333. The molecule has 0 saturated carbocycles. The monoisotopic (exact) mass is 283 g/mol. The highest BCUT2D eigenvalue weighted by atomic mass is 35.5. The molecule has 94 valence electrons. The molecule has 1 atom stereocenters. The van der Waals surface area contributed by atoms with Crippen molar-refractivity contribution in [3.63, 3.8) is 0 Å². The van der Waals surface area contributed by atoms with Gasteiger partial charge in [-0.3, -0.25) is 5.41 Å². The zero-order valence-electron chi connectivity index (χ0n) is 8.46. The Bertz CT molecular complexity index is 411. The van der Waals surface area contributed by atoms with Crippen LogP contribution in [0.25, 0.3) is 0 Å². The molecular formula is C9H9ClF3N3S. The Morgan fingerprint density at radius 2 is 2.24 bits per heavy atom. The summed E-state index contributed by atoms with van der Waals surface area (Å²) in [6.07, 6.45) is -3.09. The molecule has 0 spiro atoms. The number of nitrogens with zero attached hydrogens (tertiary/aromatic N) is 1. The topological polar surface area (TPSA) is 62.8 Å². The number of rotatable bonds is 4. The normalized spacial score (nSPS) is 13.4. The smallest absolute Gasteiger partial charge is 0.387 e. The summed E-state index contributed by atoms with van der Waals surface area (Å²) < 4.78 is 37.5. The molecule has 0 bridgehead atoms. The van der Waals surface area contributed by atoms with E-state index < -0.39 is 23.7 Å². The van der Waals surface area contributed by atoms with Gasteiger partial charge >= 0.3 is 6.18 Å². The largest absolute Gasteiger partial charge is 0.399 e. The molecule has 0 radical (unpaired) electrons. The molecule has 0 aliphatic heterocycles. The molecule has 0 aromatic carbocycles. The molecule has 0 saturated heterocycles. The zero-order valence-corrected chi connectivity index (χ0v) is 10.0. The minimum Gasteiger partial charge on any atom is -0.387 e. The van der Waals surface area contributed by atoms with Gasteiger partial charge in [-0.15, -0.1) is 11.8 Å². The number of thioether (sulfide) groups is 1. The first-order chi connectivity index (χ1) is 7.82. The van der Waals surface area contributed by atoms with E-state index in [1.165, 1.54) is 12.3 Å². The van der Waals surface area contributed by atoms with Crippen molar-refractivity contribution in [1.29, 1.82) is 5.41 Å². The van der Waals surface area contributed by atoms with Crippen molar-refractivity contribution in [2.24, 2.45) is 11.7 Å². The number of hydrogen-bond donors (Lipinski definition) is 2. The van der Waals surface area contributed by atoms with Crippen LogP contribution in [0, 0.1) is 11.3 Å². The molecule has 1 aromatic rings. The van der Waals surface area contributed by atoms with E-state index in [1.54, 1.807) is 6.07 Å². The third-order valence-electron chi connectivity index (χ3n) is 1.88. The summed E-state index contributed by atoms with van der Waals surface area (Å²) in [6.45, 7) is 0. The molecule has 0 aliphatic rings. The van der Waals surface area contributed by atoms with E-state index >= 15 is 0 Å². The molecule has 1 unspecified atom stereocenters. The third kappa shape index (κ3) is 4.08. The quantitative estimate of drug-likeness (QED) is 0.507. The number of nitrogens with two attached hydrogens (primary N) is 1. The number of amidine groups is 1. The predicted octanol–water partition coefficient (Wildman–Crippen LogP) is 2.94. The maximum Gasteiger partial charge on any atom is 0.399 e. The van der Waals surface area contributed by atoms with Gasteiger partial charge in [-0.2, -0.15) is 13.2 Å². The SMILES string of the molecule is N=C(N)C(CSc1ncccc1Cl)C(F)(F)F. The Morgan fingerprint density at radius 3 is 2.71 bits per heavy atom. The molecular weight excluding hydrogens is 275 g/mol. The summed E-state index contributed by atoms with van der Waals surface area (Å²) in [6, 6.07) is 3.12. The third-order valence-corrected chi connectivity index (χ3v) is 3.40. The van der Waals surface area contributed by atoms with Crippen molar-refractivity contribution in [1.82, 2.24) is 4.98 Å². The Labute approximate surface area is 105 Å². The molecule has 0 amide bonds. The Morgan fingerprint density at radius 1 is 1.59 bits per heavy atom. The molecule has 0 aliphatic carbocycles. The molecule has 17 heavy (non-hydrogen) atoms. The van der Waals surface area contributed by atoms with E-state index in [0.717, 1.165) is 11.8 Å². The molecule has 1 aromatic heterocycles. The number of nitrogens with one attached hydrogen (secondary N) is 1. The van der Waals surface area contributed by atoms with Crippen LogP contribution in [-0.2, 0) is 0 Å². The number of pyridine rings is 1. The maximum atomic E-state index is 12.5. The van der Waals surface area contributed by atoms with Gasteiger partial charge in [0.1, 0.15) is 16.8 Å². The van der Waals surface area contributed by atoms with E-state index in [-0.39, 0.29) is 5.02 Å². The van der Waals surface area contributed by atoms with Crippen molar-refractivity contribution in [2.75, 3.05) is 5.75 Å². The fourth-order valence-electron chi connectivity index (χ4n) is 1.00. The second-order valence-corrected chi connectivity index (χ2v) is 4.57. The lowest BCUT2D eigenvalue weighted by atomic mass is 10.1. The lowest BCUT2D eigenvalue weighted by Gasteiger charge is -2.18. The van der Waals surface area contributed by atoms with Crippen LogP contribution in [0.4, 0.5) is 13.2 Å². The van der Waals surface area contributed by atoms with Gasteiger partial charge in [-0.25, -0.2) is 4.98 Å². The number of aromatic nitrogens is 1. The van der Waals surface area contributed by atoms with Crippen molar-refractivity contribution in [2.45, 2.75) is 11.2 Å². The van der Waals surface area contributed by atoms with Crippen LogP contribution in [0.2, 0.25) is 5.02 Å². The van der Waals surface area contributed by atoms with E-state index in [4.69, 9.17) is 22.7 Å². The minimum atomic E-state index is -4.53. The van der Waals surface area contributed by atoms with E-state index in [9.17, 15) is 13.2 Å². The van der Waals surface area contributed by atoms with E-state index in [2.05, 4.69) is 4.98 Å². The van der Waals surface area contributed by atoms with Crippen LogP contribution in [-0.4, -0.2) is 22.7 Å². The predicted molar refractivity (Wildman–Crippen MR) is 61.4 cm³/mol. The number of hydrogen-bond acceptors (Lipinski definition) is 3. The lowest BCUT2D eigenvalue weighted by Crippen LogP contribution is -2.37. The van der Waals surface area contributed by atoms with E-state index in [1.807, 2.05) is 0 Å². The molecule has 3 N–H and O–H groups in total. The minimum absolute atomic E-state index is 0.280. The first kappa shape index (κ1) is 14.1. The second kappa shape index (κ2) is 5.59. The number of halogens is 4. The van der Waals surface area contributed by atoms with Crippen molar-refractivity contribution in [3.05, 3.63) is 23.4 Å². The summed E-state index contributed by atoms with van der Waals surface area (Å²) >= 11 is 6.58. The van der Waals surface area contributed by atoms with Crippen LogP contribution in [0.1, 0.15) is 0 Å². The Kier molecular flexibility index (Phi) is 4.64. The zero-order chi connectivity index (χ0) is 13.1. The van der Waals surface area contributed by atoms with Crippen LogP contribution in [0.15, 0.2) is 23.4 Å². The van der Waals surface area contributed by atoms with Gasteiger partial charge in [-0.1, -0.05) is 11.6 Å². The molecule has 0 fully saturated rings. The molecule has 1 rings (SSSR count). The Balaban J connectivity index is 2.72. The van der Waals surface area contributed by atoms with Crippen molar-refractivity contribution >= 4 is 29.2 Å². The van der Waals surface area contributed by atoms with Gasteiger partial charge in [-0.05, 0) is 12.1 Å². The Hall–Kier alpha value is -0.950. The average molecular weight is 284 g/mol. The molecule has 1 heterocycles. The summed E-state index contributed by atoms with van der Waals surface area (Å²) in [5, 5.41) is 7.49. The first-order valence-electron chi connectivity index (χ1n) is 4.46. The number of alkyl halides is 3. The summed E-state index contributed by atoms with van der Waals surface area (Å²) in [7, 11) is 0. The highest BCUT2D eigenvalue weighted by Gasteiger charge is 2.41. The molecule has 8 heteroatoms. The van der Waals surface area contributed by atoms with Crippen LogP contribution in [0.5, 0.6) is 0 Å². The highest BCUT2D eigenvalue weighted by Crippen LogP contribution is 2.33. The van der Waals surface area contributed by atoms with E-state index in [0.29, 0.717) is 5.03 Å². The highest BCUT2D eigenvalue weighted by molar-refractivity contribution is 7.99. The van der Waals surface area contributed by atoms with Crippen LogP contribution >= 0.6 is 23.4 Å². The summed E-state index contributed by atoms with van der Waals surface area (Å²) in [5.41, 5.74) is 4.92. The van der Waals surface area contributed by atoms with Crippen molar-refractivity contribution in [3.8, 4) is 0 Å². The van der Waals surface area contributed by atoms with Gasteiger partial charge in [0.2, 0.25) is 0 Å². The van der Waals surface area contributed by atoms with Crippen LogP contribution in [0.3, 0.4) is 0 Å².